The van der Waals surface area contributed by atoms with Crippen molar-refractivity contribution >= 4 is 62.4 Å². The zero-order valence-electron chi connectivity index (χ0n) is 13.3. The lowest BCUT2D eigenvalue weighted by Crippen LogP contribution is -1.91. The lowest BCUT2D eigenvalue weighted by molar-refractivity contribution is -0.112. The molecule has 0 unspecified atom stereocenters. The molecule has 0 atom stereocenters. The van der Waals surface area contributed by atoms with Gasteiger partial charge in [-0.25, -0.2) is 4.98 Å². The van der Waals surface area contributed by atoms with E-state index in [1.54, 1.807) is 6.08 Å². The van der Waals surface area contributed by atoms with E-state index >= 15 is 0 Å². The maximum absolute atomic E-state index is 11.3. The van der Waals surface area contributed by atoms with Gasteiger partial charge in [-0.2, -0.15) is 0 Å². The van der Waals surface area contributed by atoms with Crippen LogP contribution in [0.15, 0.2) is 60.7 Å². The van der Waals surface area contributed by atoms with E-state index in [-0.39, 0.29) is 5.78 Å². The van der Waals surface area contributed by atoms with Gasteiger partial charge in [0, 0.05) is 10.4 Å². The van der Waals surface area contributed by atoms with Crippen molar-refractivity contribution in [3.8, 4) is 0 Å². The van der Waals surface area contributed by atoms with Crippen molar-refractivity contribution in [2.24, 2.45) is 0 Å². The summed E-state index contributed by atoms with van der Waals surface area (Å²) in [6.07, 6.45) is 7.36. The second-order valence-electron chi connectivity index (χ2n) is 5.51. The molecule has 0 amide bonds. The molecule has 124 valence electrons. The molecule has 1 heterocycles. The lowest BCUT2D eigenvalue weighted by Gasteiger charge is -2.00. The van der Waals surface area contributed by atoms with Gasteiger partial charge in [-0.15, -0.1) is 0 Å². The molecular formula is C21H15BrClNO. The first kappa shape index (κ1) is 17.6. The summed E-state index contributed by atoms with van der Waals surface area (Å²) in [5.41, 5.74) is 3.76. The van der Waals surface area contributed by atoms with Crippen LogP contribution in [0.2, 0.25) is 5.02 Å². The number of fused-ring (bicyclic) bond motifs is 1. The zero-order chi connectivity index (χ0) is 17.6. The minimum Gasteiger partial charge on any atom is -0.294 e. The van der Waals surface area contributed by atoms with Crippen LogP contribution in [0, 0.1) is 0 Å². The maximum atomic E-state index is 11.3. The summed E-state index contributed by atoms with van der Waals surface area (Å²) in [6.45, 7) is 0. The van der Waals surface area contributed by atoms with Gasteiger partial charge in [0.1, 0.15) is 0 Å². The van der Waals surface area contributed by atoms with Crippen molar-refractivity contribution in [3.63, 3.8) is 0 Å². The van der Waals surface area contributed by atoms with Gasteiger partial charge in [-0.1, -0.05) is 70.0 Å². The third-order valence-corrected chi connectivity index (χ3v) is 4.41. The fourth-order valence-electron chi connectivity index (χ4n) is 2.38. The third kappa shape index (κ3) is 4.88. The van der Waals surface area contributed by atoms with Crippen molar-refractivity contribution in [2.45, 2.75) is 0 Å². The first-order chi connectivity index (χ1) is 12.1. The van der Waals surface area contributed by atoms with E-state index in [9.17, 15) is 4.79 Å². The Morgan fingerprint density at radius 1 is 1.00 bits per heavy atom. The molecule has 0 aliphatic carbocycles. The molecule has 0 radical (unpaired) electrons. The number of nitrogens with zero attached hydrogens (tertiary/aromatic N) is 1. The zero-order valence-corrected chi connectivity index (χ0v) is 15.7. The van der Waals surface area contributed by atoms with Gasteiger partial charge in [0.15, 0.2) is 5.78 Å². The molecule has 0 N–H and O–H groups in total. The molecule has 2 aromatic carbocycles. The van der Waals surface area contributed by atoms with E-state index in [4.69, 9.17) is 11.6 Å². The first-order valence-corrected chi connectivity index (χ1v) is 9.25. The number of ketones is 1. The van der Waals surface area contributed by atoms with Crippen LogP contribution in [0.4, 0.5) is 0 Å². The van der Waals surface area contributed by atoms with Gasteiger partial charge in [-0.05, 0) is 47.5 Å². The second kappa shape index (κ2) is 8.24. The van der Waals surface area contributed by atoms with E-state index in [1.807, 2.05) is 72.8 Å². The smallest absolute Gasteiger partial charge is 0.166 e. The van der Waals surface area contributed by atoms with Crippen molar-refractivity contribution in [2.75, 3.05) is 5.33 Å². The molecule has 0 saturated carbocycles. The summed E-state index contributed by atoms with van der Waals surface area (Å²) in [5, 5.41) is 2.07. The van der Waals surface area contributed by atoms with Crippen LogP contribution in [0.25, 0.3) is 29.1 Å². The number of alkyl halides is 1. The molecule has 25 heavy (non-hydrogen) atoms. The van der Waals surface area contributed by atoms with Crippen molar-refractivity contribution < 1.29 is 4.79 Å². The summed E-state index contributed by atoms with van der Waals surface area (Å²) in [4.78, 5) is 16.0. The number of carbonyl (C=O) groups excluding carboxylic acids is 1. The lowest BCUT2D eigenvalue weighted by atomic mass is 10.1. The highest BCUT2D eigenvalue weighted by Gasteiger charge is 1.98. The molecule has 0 saturated heterocycles. The molecule has 2 nitrogen and oxygen atoms in total. The monoisotopic (exact) mass is 411 g/mol. The Bertz CT molecular complexity index is 979. The first-order valence-electron chi connectivity index (χ1n) is 7.75. The van der Waals surface area contributed by atoms with Crippen LogP contribution in [0.5, 0.6) is 0 Å². The SMILES string of the molecule is O=C(C=Cc1cccc(/C=C/c2ccc3ccc(Cl)cc3n2)c1)CBr. The molecule has 0 bridgehead atoms. The van der Waals surface area contributed by atoms with Crippen LogP contribution < -0.4 is 0 Å². The molecule has 3 rings (SSSR count). The van der Waals surface area contributed by atoms with Crippen molar-refractivity contribution in [3.05, 3.63) is 82.5 Å². The van der Waals surface area contributed by atoms with Crippen LogP contribution in [0.1, 0.15) is 16.8 Å². The van der Waals surface area contributed by atoms with Crippen LogP contribution in [0.3, 0.4) is 0 Å². The molecule has 0 spiro atoms. The van der Waals surface area contributed by atoms with Gasteiger partial charge < -0.3 is 0 Å². The highest BCUT2D eigenvalue weighted by molar-refractivity contribution is 9.09. The molecule has 3 aromatic rings. The Balaban J connectivity index is 1.82. The average molecular weight is 413 g/mol. The number of halogens is 2. The largest absolute Gasteiger partial charge is 0.294 e. The molecule has 0 aliphatic rings. The Morgan fingerprint density at radius 3 is 2.56 bits per heavy atom. The van der Waals surface area contributed by atoms with Crippen molar-refractivity contribution in [1.82, 2.24) is 4.98 Å². The normalized spacial score (nSPS) is 11.6. The number of allylic oxidation sites excluding steroid dienone is 1. The number of hydrogen-bond donors (Lipinski definition) is 0. The van der Waals surface area contributed by atoms with Crippen molar-refractivity contribution in [1.29, 1.82) is 0 Å². The van der Waals surface area contributed by atoms with Gasteiger partial charge in [0.25, 0.3) is 0 Å². The topological polar surface area (TPSA) is 30.0 Å². The Kier molecular flexibility index (Phi) is 5.79. The molecule has 0 fully saturated rings. The van der Waals surface area contributed by atoms with Crippen LogP contribution >= 0.6 is 27.5 Å². The van der Waals surface area contributed by atoms with Crippen LogP contribution in [-0.4, -0.2) is 16.1 Å². The summed E-state index contributed by atoms with van der Waals surface area (Å²) >= 11 is 9.18. The molecule has 1 aromatic heterocycles. The van der Waals surface area contributed by atoms with E-state index < -0.39 is 0 Å². The van der Waals surface area contributed by atoms with Gasteiger partial charge in [-0.3, -0.25) is 4.79 Å². The van der Waals surface area contributed by atoms with Crippen LogP contribution in [-0.2, 0) is 4.79 Å². The highest BCUT2D eigenvalue weighted by atomic mass is 79.9. The average Bonchev–Trinajstić information content (AvgIpc) is 2.64. The number of aromatic nitrogens is 1. The summed E-state index contributed by atoms with van der Waals surface area (Å²) in [6, 6.07) is 17.7. The minimum absolute atomic E-state index is 0.0416. The standard InChI is InChI=1S/C21H15BrClNO/c22-14-20(25)11-5-16-3-1-2-15(12-16)4-9-19-10-7-17-6-8-18(23)13-21(17)24-19/h1-13H,14H2/b9-4+,11-5?. The number of carbonyl (C=O) groups is 1. The summed E-state index contributed by atoms with van der Waals surface area (Å²) in [7, 11) is 0. The van der Waals surface area contributed by atoms with Gasteiger partial charge in [0.05, 0.1) is 16.5 Å². The quantitative estimate of drug-likeness (QED) is 0.378. The second-order valence-corrected chi connectivity index (χ2v) is 6.51. The Hall–Kier alpha value is -2.23. The Morgan fingerprint density at radius 2 is 1.76 bits per heavy atom. The molecule has 0 aliphatic heterocycles. The summed E-state index contributed by atoms with van der Waals surface area (Å²) in [5.74, 6) is 0.0416. The van der Waals surface area contributed by atoms with E-state index in [0.29, 0.717) is 10.4 Å². The third-order valence-electron chi connectivity index (χ3n) is 3.63. The predicted octanol–water partition coefficient (Wildman–Crippen LogP) is 6.04. The van der Waals surface area contributed by atoms with Gasteiger partial charge in [0.2, 0.25) is 0 Å². The summed E-state index contributed by atoms with van der Waals surface area (Å²) < 4.78 is 0. The fraction of sp³-hybridized carbons (Fsp3) is 0.0476. The van der Waals surface area contributed by atoms with E-state index in [2.05, 4.69) is 20.9 Å². The number of pyridine rings is 1. The highest BCUT2D eigenvalue weighted by Crippen LogP contribution is 2.19. The van der Waals surface area contributed by atoms with Gasteiger partial charge >= 0.3 is 0 Å². The van der Waals surface area contributed by atoms with E-state index in [1.165, 1.54) is 0 Å². The Labute approximate surface area is 160 Å². The number of rotatable bonds is 5. The minimum atomic E-state index is 0.0416. The fourth-order valence-corrected chi connectivity index (χ4v) is 2.73. The molecular weight excluding hydrogens is 398 g/mol. The predicted molar refractivity (Wildman–Crippen MR) is 110 cm³/mol. The number of hydrogen-bond acceptors (Lipinski definition) is 2. The number of benzene rings is 2. The molecule has 4 heteroatoms. The maximum Gasteiger partial charge on any atom is 0.166 e. The van der Waals surface area contributed by atoms with E-state index in [0.717, 1.165) is 27.7 Å².